The highest BCUT2D eigenvalue weighted by atomic mass is 16.5. The van der Waals surface area contributed by atoms with Gasteiger partial charge in [0.2, 0.25) is 0 Å². The predicted molar refractivity (Wildman–Crippen MR) is 56.1 cm³/mol. The first kappa shape index (κ1) is 10.2. The van der Waals surface area contributed by atoms with Crippen LogP contribution in [0.15, 0.2) is 24.3 Å². The van der Waals surface area contributed by atoms with Crippen LogP contribution in [0.1, 0.15) is 23.2 Å². The lowest BCUT2D eigenvalue weighted by Gasteiger charge is -2.04. The van der Waals surface area contributed by atoms with E-state index >= 15 is 0 Å². The molecule has 0 unspecified atom stereocenters. The number of carbonyl (C=O) groups is 1. The fourth-order valence-corrected chi connectivity index (χ4v) is 1.46. The summed E-state index contributed by atoms with van der Waals surface area (Å²) in [5.74, 6) is 1.19. The minimum Gasteiger partial charge on any atom is -0.491 e. The van der Waals surface area contributed by atoms with Crippen molar-refractivity contribution in [3.63, 3.8) is 0 Å². The van der Waals surface area contributed by atoms with E-state index in [1.807, 2.05) is 0 Å². The quantitative estimate of drug-likeness (QED) is 0.745. The van der Waals surface area contributed by atoms with Crippen LogP contribution < -0.4 is 4.74 Å². The maximum absolute atomic E-state index is 11.7. The first-order valence-corrected chi connectivity index (χ1v) is 5.19. The molecular formula is C12H14O3. The topological polar surface area (TPSA) is 46.5 Å². The molecule has 1 N–H and O–H groups in total. The summed E-state index contributed by atoms with van der Waals surface area (Å²) in [6.07, 6.45) is 2.06. The molecule has 1 saturated carbocycles. The van der Waals surface area contributed by atoms with Crippen molar-refractivity contribution in [1.82, 2.24) is 0 Å². The molecule has 0 saturated heterocycles. The molecule has 3 heteroatoms. The van der Waals surface area contributed by atoms with Gasteiger partial charge in [-0.1, -0.05) is 0 Å². The Bertz CT molecular complexity index is 338. The molecule has 0 heterocycles. The highest BCUT2D eigenvalue weighted by Crippen LogP contribution is 2.32. The van der Waals surface area contributed by atoms with Crippen LogP contribution in [-0.4, -0.2) is 24.1 Å². The first-order valence-electron chi connectivity index (χ1n) is 5.19. The fraction of sp³-hybridized carbons (Fsp3) is 0.417. The maximum Gasteiger partial charge on any atom is 0.165 e. The molecule has 15 heavy (non-hydrogen) atoms. The summed E-state index contributed by atoms with van der Waals surface area (Å²) >= 11 is 0. The number of aliphatic hydroxyl groups excluding tert-OH is 1. The zero-order chi connectivity index (χ0) is 10.7. The van der Waals surface area contributed by atoms with E-state index in [-0.39, 0.29) is 24.9 Å². The predicted octanol–water partition coefficient (Wildman–Crippen LogP) is 1.65. The summed E-state index contributed by atoms with van der Waals surface area (Å²) in [5.41, 5.74) is 0.758. The SMILES string of the molecule is O=C(c1ccc(OCCO)cc1)C1CC1. The largest absolute Gasteiger partial charge is 0.491 e. The molecule has 0 radical (unpaired) electrons. The molecule has 1 aliphatic rings. The van der Waals surface area contributed by atoms with E-state index in [0.717, 1.165) is 18.4 Å². The number of Topliss-reactive ketones (excluding diaryl/α,β-unsaturated/α-hetero) is 1. The third kappa shape index (κ3) is 2.57. The van der Waals surface area contributed by atoms with Crippen molar-refractivity contribution in [1.29, 1.82) is 0 Å². The highest BCUT2D eigenvalue weighted by Gasteiger charge is 2.30. The van der Waals surface area contributed by atoms with E-state index in [1.165, 1.54) is 0 Å². The van der Waals surface area contributed by atoms with E-state index < -0.39 is 0 Å². The second-order valence-corrected chi connectivity index (χ2v) is 3.73. The van der Waals surface area contributed by atoms with Crippen molar-refractivity contribution >= 4 is 5.78 Å². The van der Waals surface area contributed by atoms with Crippen LogP contribution in [-0.2, 0) is 0 Å². The monoisotopic (exact) mass is 206 g/mol. The normalized spacial score (nSPS) is 15.0. The average molecular weight is 206 g/mol. The van der Waals surface area contributed by atoms with Gasteiger partial charge in [0.25, 0.3) is 0 Å². The van der Waals surface area contributed by atoms with Crippen molar-refractivity contribution in [2.45, 2.75) is 12.8 Å². The number of carbonyl (C=O) groups excluding carboxylic acids is 1. The van der Waals surface area contributed by atoms with Gasteiger partial charge >= 0.3 is 0 Å². The standard InChI is InChI=1S/C12H14O3/c13-7-8-15-11-5-3-10(4-6-11)12(14)9-1-2-9/h3-6,9,13H,1-2,7-8H2. The van der Waals surface area contributed by atoms with Crippen molar-refractivity contribution in [3.05, 3.63) is 29.8 Å². The molecule has 0 atom stereocenters. The summed E-state index contributed by atoms with van der Waals surface area (Å²) in [4.78, 5) is 11.7. The van der Waals surface area contributed by atoms with Gasteiger partial charge in [-0.2, -0.15) is 0 Å². The van der Waals surface area contributed by atoms with Crippen molar-refractivity contribution in [3.8, 4) is 5.75 Å². The molecule has 0 amide bonds. The summed E-state index contributed by atoms with van der Waals surface area (Å²) in [6, 6.07) is 7.11. The average Bonchev–Trinajstić information content (AvgIpc) is 3.10. The van der Waals surface area contributed by atoms with E-state index in [4.69, 9.17) is 9.84 Å². The van der Waals surface area contributed by atoms with Crippen LogP contribution >= 0.6 is 0 Å². The number of hydrogen-bond donors (Lipinski definition) is 1. The minimum absolute atomic E-state index is 0.00273. The lowest BCUT2D eigenvalue weighted by Crippen LogP contribution is -2.03. The van der Waals surface area contributed by atoms with Gasteiger partial charge < -0.3 is 9.84 Å². The van der Waals surface area contributed by atoms with Crippen LogP contribution in [0.3, 0.4) is 0 Å². The van der Waals surface area contributed by atoms with E-state index in [2.05, 4.69) is 0 Å². The van der Waals surface area contributed by atoms with Crippen LogP contribution in [0.25, 0.3) is 0 Å². The summed E-state index contributed by atoms with van der Waals surface area (Å²) < 4.78 is 5.20. The summed E-state index contributed by atoms with van der Waals surface area (Å²) in [5, 5.41) is 8.57. The third-order valence-electron chi connectivity index (χ3n) is 2.45. The van der Waals surface area contributed by atoms with Crippen LogP contribution in [0.2, 0.25) is 0 Å². The van der Waals surface area contributed by atoms with Gasteiger partial charge in [-0.15, -0.1) is 0 Å². The minimum atomic E-state index is 0.00273. The number of ketones is 1. The molecule has 0 aromatic heterocycles. The number of rotatable bonds is 5. The van der Waals surface area contributed by atoms with E-state index in [9.17, 15) is 4.79 Å². The van der Waals surface area contributed by atoms with Crippen molar-refractivity contribution in [2.24, 2.45) is 5.92 Å². The van der Waals surface area contributed by atoms with Crippen LogP contribution in [0.5, 0.6) is 5.75 Å². The Balaban J connectivity index is 1.99. The summed E-state index contributed by atoms with van der Waals surface area (Å²) in [6.45, 7) is 0.290. The molecule has 1 aromatic carbocycles. The molecule has 2 rings (SSSR count). The lowest BCUT2D eigenvalue weighted by atomic mass is 10.1. The fourth-order valence-electron chi connectivity index (χ4n) is 1.46. The van der Waals surface area contributed by atoms with Crippen LogP contribution in [0, 0.1) is 5.92 Å². The first-order chi connectivity index (χ1) is 7.31. The lowest BCUT2D eigenvalue weighted by molar-refractivity contribution is 0.0967. The van der Waals surface area contributed by atoms with Gasteiger partial charge in [0.05, 0.1) is 6.61 Å². The van der Waals surface area contributed by atoms with Crippen molar-refractivity contribution in [2.75, 3.05) is 13.2 Å². The molecular weight excluding hydrogens is 192 g/mol. The second kappa shape index (κ2) is 4.45. The molecule has 0 bridgehead atoms. The molecule has 1 aromatic rings. The molecule has 0 aliphatic heterocycles. The number of ether oxygens (including phenoxy) is 1. The molecule has 0 spiro atoms. The molecule has 80 valence electrons. The Morgan fingerprint density at radius 3 is 2.53 bits per heavy atom. The third-order valence-corrected chi connectivity index (χ3v) is 2.45. The van der Waals surface area contributed by atoms with Gasteiger partial charge in [0.1, 0.15) is 12.4 Å². The number of aliphatic hydroxyl groups is 1. The smallest absolute Gasteiger partial charge is 0.165 e. The van der Waals surface area contributed by atoms with Gasteiger partial charge in [-0.25, -0.2) is 0 Å². The Kier molecular flexibility index (Phi) is 3.02. The number of hydrogen-bond acceptors (Lipinski definition) is 3. The van der Waals surface area contributed by atoms with Gasteiger partial charge in [0.15, 0.2) is 5.78 Å². The zero-order valence-electron chi connectivity index (χ0n) is 8.48. The summed E-state index contributed by atoms with van der Waals surface area (Å²) in [7, 11) is 0. The van der Waals surface area contributed by atoms with Gasteiger partial charge in [-0.05, 0) is 37.1 Å². The Morgan fingerprint density at radius 2 is 2.00 bits per heavy atom. The number of benzene rings is 1. The van der Waals surface area contributed by atoms with E-state index in [1.54, 1.807) is 24.3 Å². The Labute approximate surface area is 88.7 Å². The van der Waals surface area contributed by atoms with Gasteiger partial charge in [0, 0.05) is 11.5 Å². The van der Waals surface area contributed by atoms with Crippen molar-refractivity contribution < 1.29 is 14.6 Å². The Morgan fingerprint density at radius 1 is 1.33 bits per heavy atom. The van der Waals surface area contributed by atoms with E-state index in [0.29, 0.717) is 5.75 Å². The highest BCUT2D eigenvalue weighted by molar-refractivity contribution is 5.99. The molecule has 1 aliphatic carbocycles. The van der Waals surface area contributed by atoms with Crippen LogP contribution in [0.4, 0.5) is 0 Å². The maximum atomic E-state index is 11.7. The molecule has 3 nitrogen and oxygen atoms in total. The molecule has 1 fully saturated rings. The zero-order valence-corrected chi connectivity index (χ0v) is 8.48. The van der Waals surface area contributed by atoms with Gasteiger partial charge in [-0.3, -0.25) is 4.79 Å². The Hall–Kier alpha value is -1.35. The second-order valence-electron chi connectivity index (χ2n) is 3.73.